The first-order valence-electron chi connectivity index (χ1n) is 7.01. The number of nitrogens with one attached hydrogen (secondary N) is 3. The maximum Gasteiger partial charge on any atom is 0.276 e. The summed E-state index contributed by atoms with van der Waals surface area (Å²) < 4.78 is 1.48. The van der Waals surface area contributed by atoms with Crippen molar-refractivity contribution in [3.8, 4) is 0 Å². The van der Waals surface area contributed by atoms with Crippen molar-refractivity contribution < 1.29 is 4.79 Å². The molecule has 2 heterocycles. The Kier molecular flexibility index (Phi) is 5.48. The minimum Gasteiger partial charge on any atom is -0.330 e. The van der Waals surface area contributed by atoms with Crippen molar-refractivity contribution in [3.63, 3.8) is 0 Å². The zero-order chi connectivity index (χ0) is 18.0. The number of fused-ring (bicyclic) bond motifs is 1. The highest BCUT2D eigenvalue weighted by Crippen LogP contribution is 2.25. The van der Waals surface area contributed by atoms with Gasteiger partial charge in [-0.15, -0.1) is 0 Å². The summed E-state index contributed by atoms with van der Waals surface area (Å²) in [5, 5.41) is 4.40. The van der Waals surface area contributed by atoms with E-state index in [1.54, 1.807) is 18.2 Å². The first-order valence-corrected chi connectivity index (χ1v) is 9.15. The Balaban J connectivity index is 1.63. The van der Waals surface area contributed by atoms with Crippen LogP contribution in [-0.2, 0) is 6.54 Å². The third-order valence-corrected chi connectivity index (χ3v) is 4.99. The lowest BCUT2D eigenvalue weighted by Gasteiger charge is -2.13. The number of carbonyl (C=O) groups excluding carboxylic acids is 1. The number of amides is 1. The molecule has 0 bridgehead atoms. The lowest BCUT2D eigenvalue weighted by molar-refractivity contribution is 0.0941. The molecule has 7 nitrogen and oxygen atoms in total. The Morgan fingerprint density at radius 3 is 2.88 bits per heavy atom. The Morgan fingerprint density at radius 1 is 1.32 bits per heavy atom. The average molecular weight is 416 g/mol. The zero-order valence-corrected chi connectivity index (χ0v) is 15.7. The Labute approximate surface area is 162 Å². The summed E-state index contributed by atoms with van der Waals surface area (Å²) in [5.74, 6) is 0.137. The summed E-state index contributed by atoms with van der Waals surface area (Å²) in [6, 6.07) is 4.85. The molecule has 1 aromatic heterocycles. The fraction of sp³-hybridized carbons (Fsp3) is 0.143. The number of benzene rings is 1. The van der Waals surface area contributed by atoms with Gasteiger partial charge >= 0.3 is 0 Å². The van der Waals surface area contributed by atoms with E-state index < -0.39 is 5.91 Å². The summed E-state index contributed by atoms with van der Waals surface area (Å²) in [6.45, 7) is 0.537. The van der Waals surface area contributed by atoms with Crippen LogP contribution < -0.4 is 21.7 Å². The lowest BCUT2D eigenvalue weighted by atomic mass is 10.3. The van der Waals surface area contributed by atoms with Gasteiger partial charge in [0.2, 0.25) is 0 Å². The van der Waals surface area contributed by atoms with Crippen LogP contribution in [0.15, 0.2) is 34.3 Å². The van der Waals surface area contributed by atoms with E-state index in [1.165, 1.54) is 22.5 Å². The second-order valence-corrected chi connectivity index (χ2v) is 7.23. The molecule has 3 rings (SSSR count). The van der Waals surface area contributed by atoms with Crippen LogP contribution in [0.4, 0.5) is 5.69 Å². The van der Waals surface area contributed by atoms with Crippen LogP contribution in [-0.4, -0.2) is 26.3 Å². The van der Waals surface area contributed by atoms with Crippen LogP contribution in [0.25, 0.3) is 0 Å². The van der Waals surface area contributed by atoms with E-state index in [9.17, 15) is 9.59 Å². The average Bonchev–Trinajstić information content (AvgIpc) is 3.05. The summed E-state index contributed by atoms with van der Waals surface area (Å²) in [4.78, 5) is 28.5. The summed E-state index contributed by atoms with van der Waals surface area (Å²) >= 11 is 18.4. The van der Waals surface area contributed by atoms with E-state index in [0.717, 1.165) is 5.75 Å². The summed E-state index contributed by atoms with van der Waals surface area (Å²) in [7, 11) is 0. The van der Waals surface area contributed by atoms with Gasteiger partial charge in [-0.05, 0) is 30.4 Å². The number of thiocarbonyl (C=S) groups is 1. The molecule has 0 unspecified atom stereocenters. The molecule has 3 N–H and O–H groups in total. The van der Waals surface area contributed by atoms with Gasteiger partial charge in [0.05, 0.1) is 10.7 Å². The largest absolute Gasteiger partial charge is 0.330 e. The van der Waals surface area contributed by atoms with Gasteiger partial charge in [-0.25, -0.2) is 4.98 Å². The standard InChI is InChI=1S/C14H11Cl2N5O2S2/c15-7-1-2-10(9(16)5-7)18-13(24)20-19-11(22)8-6-17-14-21(12(8)23)3-4-25-14/h1-2,5-6H,3-4H2,(H,19,22)(H2,18,20,24). The van der Waals surface area contributed by atoms with Crippen molar-refractivity contribution in [3.05, 3.63) is 50.4 Å². The normalized spacial score (nSPS) is 12.4. The number of nitrogens with zero attached hydrogens (tertiary/aromatic N) is 2. The fourth-order valence-corrected chi connectivity index (χ4v) is 3.63. The number of rotatable bonds is 2. The molecule has 1 aliphatic heterocycles. The van der Waals surface area contributed by atoms with Crippen LogP contribution in [0, 0.1) is 0 Å². The van der Waals surface area contributed by atoms with Crippen molar-refractivity contribution in [2.24, 2.45) is 0 Å². The third kappa shape index (κ3) is 4.06. The second-order valence-electron chi connectivity index (χ2n) is 4.92. The molecular formula is C14H11Cl2N5O2S2. The number of anilines is 1. The van der Waals surface area contributed by atoms with Crippen molar-refractivity contribution in [1.29, 1.82) is 0 Å². The molecule has 0 radical (unpaired) electrons. The number of hydrogen-bond donors (Lipinski definition) is 3. The molecule has 0 aliphatic carbocycles. The van der Waals surface area contributed by atoms with E-state index in [0.29, 0.717) is 27.4 Å². The van der Waals surface area contributed by atoms with Gasteiger partial charge < -0.3 is 5.32 Å². The van der Waals surface area contributed by atoms with Gasteiger partial charge in [0, 0.05) is 23.5 Å². The highest BCUT2D eigenvalue weighted by atomic mass is 35.5. The second kappa shape index (κ2) is 7.61. The molecule has 11 heteroatoms. The molecule has 1 aliphatic rings. The molecule has 25 heavy (non-hydrogen) atoms. The Hall–Kier alpha value is -1.81. The smallest absolute Gasteiger partial charge is 0.276 e. The predicted molar refractivity (Wildman–Crippen MR) is 103 cm³/mol. The topological polar surface area (TPSA) is 88.1 Å². The van der Waals surface area contributed by atoms with Crippen LogP contribution in [0.5, 0.6) is 0 Å². The number of thioether (sulfide) groups is 1. The van der Waals surface area contributed by atoms with Gasteiger partial charge in [0.1, 0.15) is 5.56 Å². The molecule has 0 atom stereocenters. The first-order chi connectivity index (χ1) is 12.0. The van der Waals surface area contributed by atoms with Crippen molar-refractivity contribution in [2.75, 3.05) is 11.1 Å². The van der Waals surface area contributed by atoms with Gasteiger partial charge in [-0.1, -0.05) is 35.0 Å². The highest BCUT2D eigenvalue weighted by molar-refractivity contribution is 7.99. The quantitative estimate of drug-likeness (QED) is 0.393. The van der Waals surface area contributed by atoms with Crippen molar-refractivity contribution in [1.82, 2.24) is 20.4 Å². The first kappa shape index (κ1) is 18.0. The molecule has 0 saturated heterocycles. The molecule has 1 aromatic carbocycles. The highest BCUT2D eigenvalue weighted by Gasteiger charge is 2.20. The minimum atomic E-state index is -0.629. The molecule has 1 amide bonds. The van der Waals surface area contributed by atoms with Gasteiger partial charge in [0.15, 0.2) is 10.3 Å². The minimum absolute atomic E-state index is 0.0638. The maximum atomic E-state index is 12.3. The van der Waals surface area contributed by atoms with Gasteiger partial charge in [0.25, 0.3) is 11.5 Å². The predicted octanol–water partition coefficient (Wildman–Crippen LogP) is 2.29. The third-order valence-electron chi connectivity index (χ3n) is 3.27. The van der Waals surface area contributed by atoms with E-state index in [-0.39, 0.29) is 16.2 Å². The molecule has 2 aromatic rings. The molecule has 0 saturated carbocycles. The van der Waals surface area contributed by atoms with Gasteiger partial charge in [-0.3, -0.25) is 25.0 Å². The summed E-state index contributed by atoms with van der Waals surface area (Å²) in [5.41, 5.74) is 4.95. The van der Waals surface area contributed by atoms with Crippen LogP contribution >= 0.6 is 47.2 Å². The Bertz CT molecular complexity index is 919. The maximum absolute atomic E-state index is 12.3. The van der Waals surface area contributed by atoms with Crippen molar-refractivity contribution in [2.45, 2.75) is 11.7 Å². The number of aromatic nitrogens is 2. The van der Waals surface area contributed by atoms with Crippen LogP contribution in [0.1, 0.15) is 10.4 Å². The van der Waals surface area contributed by atoms with Gasteiger partial charge in [-0.2, -0.15) is 0 Å². The molecular weight excluding hydrogens is 405 g/mol. The fourth-order valence-electron chi connectivity index (χ4n) is 2.10. The molecule has 0 fully saturated rings. The molecule has 130 valence electrons. The van der Waals surface area contributed by atoms with E-state index >= 15 is 0 Å². The molecule has 0 spiro atoms. The number of hydrazine groups is 1. The SMILES string of the molecule is O=C(NNC(=S)Nc1ccc(Cl)cc1Cl)c1cnc2n(c1=O)CCS2. The lowest BCUT2D eigenvalue weighted by Crippen LogP contribution is -2.45. The monoisotopic (exact) mass is 415 g/mol. The number of carbonyl (C=O) groups is 1. The number of halogens is 2. The number of hydrogen-bond acceptors (Lipinski definition) is 5. The van der Waals surface area contributed by atoms with E-state index in [2.05, 4.69) is 21.2 Å². The van der Waals surface area contributed by atoms with Crippen molar-refractivity contribution >= 4 is 63.9 Å². The summed E-state index contributed by atoms with van der Waals surface area (Å²) in [6.07, 6.45) is 1.26. The van der Waals surface area contributed by atoms with E-state index in [1.807, 2.05) is 0 Å². The Morgan fingerprint density at radius 2 is 2.12 bits per heavy atom. The van der Waals surface area contributed by atoms with Crippen LogP contribution in [0.3, 0.4) is 0 Å². The van der Waals surface area contributed by atoms with E-state index in [4.69, 9.17) is 35.4 Å². The zero-order valence-electron chi connectivity index (χ0n) is 12.5. The van der Waals surface area contributed by atoms with Crippen LogP contribution in [0.2, 0.25) is 10.0 Å².